The first kappa shape index (κ1) is 10.7. The van der Waals surface area contributed by atoms with Crippen LogP contribution in [-0.4, -0.2) is 19.4 Å². The molecular weight excluding hydrogens is 260 g/mol. The normalized spacial score (nSPS) is 11.8. The van der Waals surface area contributed by atoms with Crippen molar-refractivity contribution in [2.45, 2.75) is 0 Å². The van der Waals surface area contributed by atoms with Crippen LogP contribution in [0.3, 0.4) is 0 Å². The lowest BCUT2D eigenvalue weighted by Gasteiger charge is -2.06. The summed E-state index contributed by atoms with van der Waals surface area (Å²) < 4.78 is 2.12. The lowest BCUT2D eigenvalue weighted by atomic mass is 10.2. The number of imidazole rings is 1. The maximum absolute atomic E-state index is 4.78. The number of hydrogen-bond acceptors (Lipinski definition) is 3. The Morgan fingerprint density at radius 2 is 1.48 bits per heavy atom. The van der Waals surface area contributed by atoms with E-state index in [2.05, 4.69) is 32.6 Å². The SMILES string of the molecule is c1ccc2c(c1)nc1c3cccnc3c3cccnc3n21. The zero-order chi connectivity index (χ0) is 13.8. The van der Waals surface area contributed by atoms with E-state index in [-0.39, 0.29) is 0 Å². The third kappa shape index (κ3) is 1.31. The molecule has 0 spiro atoms. The van der Waals surface area contributed by atoms with Gasteiger partial charge in [0.2, 0.25) is 0 Å². The van der Waals surface area contributed by atoms with E-state index >= 15 is 0 Å². The molecule has 4 heteroatoms. The first-order valence-corrected chi connectivity index (χ1v) is 6.82. The van der Waals surface area contributed by atoms with Crippen molar-refractivity contribution in [2.24, 2.45) is 0 Å². The minimum absolute atomic E-state index is 0.896. The van der Waals surface area contributed by atoms with Crippen LogP contribution in [0.4, 0.5) is 0 Å². The standard InChI is InChI=1S/C17H10N4/c1-2-8-14-13(7-1)20-17-12-6-3-9-18-15(12)11-5-4-10-19-16(11)21(14)17/h1-10H. The number of aromatic nitrogens is 4. The molecule has 0 saturated carbocycles. The highest BCUT2D eigenvalue weighted by atomic mass is 15.1. The Kier molecular flexibility index (Phi) is 1.92. The molecule has 0 N–H and O–H groups in total. The Balaban J connectivity index is 2.25. The van der Waals surface area contributed by atoms with Gasteiger partial charge in [0.1, 0.15) is 11.3 Å². The van der Waals surface area contributed by atoms with Crippen molar-refractivity contribution in [3.63, 3.8) is 0 Å². The Morgan fingerprint density at radius 1 is 0.714 bits per heavy atom. The van der Waals surface area contributed by atoms with Gasteiger partial charge < -0.3 is 0 Å². The van der Waals surface area contributed by atoms with Crippen molar-refractivity contribution < 1.29 is 0 Å². The van der Waals surface area contributed by atoms with E-state index in [0.29, 0.717) is 0 Å². The molecular formula is C17H10N4. The average Bonchev–Trinajstić information content (AvgIpc) is 2.95. The van der Waals surface area contributed by atoms with Gasteiger partial charge in [0.05, 0.1) is 16.6 Å². The molecule has 1 aromatic carbocycles. The molecule has 0 saturated heterocycles. The highest BCUT2D eigenvalue weighted by molar-refractivity contribution is 6.10. The lowest BCUT2D eigenvalue weighted by Crippen LogP contribution is -1.94. The molecule has 0 aliphatic carbocycles. The van der Waals surface area contributed by atoms with Crippen molar-refractivity contribution in [2.75, 3.05) is 0 Å². The zero-order valence-electron chi connectivity index (χ0n) is 11.1. The number of benzene rings is 1. The lowest BCUT2D eigenvalue weighted by molar-refractivity contribution is 1.23. The third-order valence-electron chi connectivity index (χ3n) is 3.86. The predicted octanol–water partition coefficient (Wildman–Crippen LogP) is 3.58. The average molecular weight is 270 g/mol. The van der Waals surface area contributed by atoms with Gasteiger partial charge >= 0.3 is 0 Å². The maximum Gasteiger partial charge on any atom is 0.149 e. The third-order valence-corrected chi connectivity index (χ3v) is 3.86. The van der Waals surface area contributed by atoms with E-state index in [0.717, 1.165) is 38.6 Å². The number of nitrogens with zero attached hydrogens (tertiary/aromatic N) is 4. The van der Waals surface area contributed by atoms with Crippen LogP contribution in [0.15, 0.2) is 60.9 Å². The first-order chi connectivity index (χ1) is 10.4. The van der Waals surface area contributed by atoms with E-state index in [4.69, 9.17) is 4.98 Å². The highest BCUT2D eigenvalue weighted by Gasteiger charge is 2.13. The zero-order valence-corrected chi connectivity index (χ0v) is 11.1. The summed E-state index contributed by atoms with van der Waals surface area (Å²) in [6, 6.07) is 16.2. The van der Waals surface area contributed by atoms with Crippen LogP contribution in [0.1, 0.15) is 0 Å². The van der Waals surface area contributed by atoms with Gasteiger partial charge in [-0.3, -0.25) is 9.38 Å². The molecule has 21 heavy (non-hydrogen) atoms. The molecule has 0 amide bonds. The Bertz CT molecular complexity index is 1140. The van der Waals surface area contributed by atoms with Crippen molar-refractivity contribution in [3.8, 4) is 0 Å². The molecule has 98 valence electrons. The second-order valence-electron chi connectivity index (χ2n) is 5.03. The molecule has 0 fully saturated rings. The smallest absolute Gasteiger partial charge is 0.149 e. The summed E-state index contributed by atoms with van der Waals surface area (Å²) in [5, 5.41) is 2.10. The summed E-state index contributed by atoms with van der Waals surface area (Å²) in [6.07, 6.45) is 3.62. The molecule has 5 aromatic rings. The second-order valence-corrected chi connectivity index (χ2v) is 5.03. The summed E-state index contributed by atoms with van der Waals surface area (Å²) in [5.74, 6) is 0. The molecule has 0 aliphatic rings. The fourth-order valence-electron chi connectivity index (χ4n) is 2.98. The van der Waals surface area contributed by atoms with Crippen LogP contribution >= 0.6 is 0 Å². The van der Waals surface area contributed by atoms with Crippen molar-refractivity contribution >= 4 is 38.6 Å². The van der Waals surface area contributed by atoms with Crippen LogP contribution in [0.25, 0.3) is 38.6 Å². The number of pyridine rings is 3. The molecule has 0 atom stereocenters. The van der Waals surface area contributed by atoms with Gasteiger partial charge in [-0.05, 0) is 36.4 Å². The predicted molar refractivity (Wildman–Crippen MR) is 83.3 cm³/mol. The van der Waals surface area contributed by atoms with Crippen LogP contribution in [-0.2, 0) is 0 Å². The maximum atomic E-state index is 4.78. The van der Waals surface area contributed by atoms with Crippen LogP contribution in [0.5, 0.6) is 0 Å². The minimum atomic E-state index is 0.896. The number of rotatable bonds is 0. The fourth-order valence-corrected chi connectivity index (χ4v) is 2.98. The van der Waals surface area contributed by atoms with Crippen molar-refractivity contribution in [3.05, 3.63) is 60.9 Å². The minimum Gasteiger partial charge on any atom is -0.276 e. The Hall–Kier alpha value is -3.01. The monoisotopic (exact) mass is 270 g/mol. The Labute approximate surface area is 119 Å². The molecule has 0 bridgehead atoms. The van der Waals surface area contributed by atoms with Crippen LogP contribution < -0.4 is 0 Å². The summed E-state index contributed by atoms with van der Waals surface area (Å²) in [4.78, 5) is 13.9. The molecule has 5 rings (SSSR count). The second kappa shape index (κ2) is 3.76. The summed E-state index contributed by atoms with van der Waals surface area (Å²) in [6.45, 7) is 0. The highest BCUT2D eigenvalue weighted by Crippen LogP contribution is 2.29. The summed E-state index contributed by atoms with van der Waals surface area (Å²) >= 11 is 0. The van der Waals surface area contributed by atoms with Gasteiger partial charge in [0.15, 0.2) is 0 Å². The Morgan fingerprint density at radius 3 is 2.38 bits per heavy atom. The molecule has 0 radical (unpaired) electrons. The van der Waals surface area contributed by atoms with E-state index < -0.39 is 0 Å². The molecule has 4 nitrogen and oxygen atoms in total. The van der Waals surface area contributed by atoms with E-state index in [1.54, 1.807) is 0 Å². The topological polar surface area (TPSA) is 43.1 Å². The van der Waals surface area contributed by atoms with Crippen LogP contribution in [0.2, 0.25) is 0 Å². The van der Waals surface area contributed by atoms with Gasteiger partial charge in [-0.15, -0.1) is 0 Å². The number of hydrogen-bond donors (Lipinski definition) is 0. The van der Waals surface area contributed by atoms with Gasteiger partial charge in [0, 0.05) is 23.2 Å². The first-order valence-electron chi connectivity index (χ1n) is 6.82. The number of fused-ring (bicyclic) bond motifs is 8. The summed E-state index contributed by atoms with van der Waals surface area (Å²) in [5.41, 5.74) is 4.80. The molecule has 4 heterocycles. The quantitative estimate of drug-likeness (QED) is 0.404. The largest absolute Gasteiger partial charge is 0.276 e. The van der Waals surface area contributed by atoms with Gasteiger partial charge in [-0.25, -0.2) is 9.97 Å². The molecule has 0 aliphatic heterocycles. The summed E-state index contributed by atoms with van der Waals surface area (Å²) in [7, 11) is 0. The number of para-hydroxylation sites is 2. The van der Waals surface area contributed by atoms with Crippen LogP contribution in [0, 0.1) is 0 Å². The van der Waals surface area contributed by atoms with Crippen molar-refractivity contribution in [1.29, 1.82) is 0 Å². The fraction of sp³-hybridized carbons (Fsp3) is 0. The van der Waals surface area contributed by atoms with Gasteiger partial charge in [0.25, 0.3) is 0 Å². The van der Waals surface area contributed by atoms with E-state index in [9.17, 15) is 0 Å². The van der Waals surface area contributed by atoms with E-state index in [1.165, 1.54) is 0 Å². The van der Waals surface area contributed by atoms with E-state index in [1.807, 2.05) is 42.7 Å². The molecule has 0 unspecified atom stereocenters. The van der Waals surface area contributed by atoms with Gasteiger partial charge in [-0.1, -0.05) is 12.1 Å². The van der Waals surface area contributed by atoms with Gasteiger partial charge in [-0.2, -0.15) is 0 Å². The van der Waals surface area contributed by atoms with Crippen molar-refractivity contribution in [1.82, 2.24) is 19.4 Å². The molecule has 4 aromatic heterocycles.